The first kappa shape index (κ1) is 14.4. The highest BCUT2D eigenvalue weighted by Gasteiger charge is 2.31. The fraction of sp³-hybridized carbons (Fsp3) is 0.200. The minimum Gasteiger partial charge on any atom is -0.375 e. The smallest absolute Gasteiger partial charge is 0.184 e. The molecule has 0 saturated carbocycles. The molecule has 5 nitrogen and oxygen atoms in total. The average Bonchev–Trinajstić information content (AvgIpc) is 2.25. The van der Waals surface area contributed by atoms with E-state index >= 15 is 0 Å². The number of rotatable bonds is 1. The van der Waals surface area contributed by atoms with Crippen molar-refractivity contribution in [2.75, 3.05) is 5.75 Å². The summed E-state index contributed by atoms with van der Waals surface area (Å²) in [7, 11) is -3.63. The largest absolute Gasteiger partial charge is 0.375 e. The monoisotopic (exact) mass is 365 g/mol. The van der Waals surface area contributed by atoms with Crippen molar-refractivity contribution in [1.29, 1.82) is 0 Å². The number of hydrazone groups is 1. The summed E-state index contributed by atoms with van der Waals surface area (Å²) in [4.78, 5) is -0.328. The topological polar surface area (TPSA) is 84.5 Å². The van der Waals surface area contributed by atoms with Crippen LogP contribution in [-0.2, 0) is 9.84 Å². The Hall–Kier alpha value is -1.06. The molecule has 19 heavy (non-hydrogen) atoms. The summed E-state index contributed by atoms with van der Waals surface area (Å²) in [6.07, 6.45) is 0.167. The lowest BCUT2D eigenvalue weighted by molar-refractivity contribution is 0.563. The molecule has 3 N–H and O–H groups in total. The van der Waals surface area contributed by atoms with Crippen molar-refractivity contribution < 1.29 is 12.8 Å². The van der Waals surface area contributed by atoms with Gasteiger partial charge in [0.25, 0.3) is 0 Å². The zero-order valence-corrected chi connectivity index (χ0v) is 12.7. The van der Waals surface area contributed by atoms with E-state index in [1.165, 1.54) is 6.07 Å². The second-order valence-electron chi connectivity index (χ2n) is 3.87. The van der Waals surface area contributed by atoms with Crippen LogP contribution in [0, 0.1) is 5.82 Å². The van der Waals surface area contributed by atoms with Crippen molar-refractivity contribution in [3.8, 4) is 0 Å². The molecular formula is C10H9BrFN3O2S2. The first-order valence-electron chi connectivity index (χ1n) is 5.15. The third-order valence-electron chi connectivity index (χ3n) is 2.54. The Labute approximate surface area is 123 Å². The van der Waals surface area contributed by atoms with E-state index in [0.29, 0.717) is 10.2 Å². The summed E-state index contributed by atoms with van der Waals surface area (Å²) >= 11 is 7.74. The van der Waals surface area contributed by atoms with Gasteiger partial charge in [-0.1, -0.05) is 15.9 Å². The predicted octanol–water partition coefficient (Wildman–Crippen LogP) is 1.30. The van der Waals surface area contributed by atoms with Gasteiger partial charge < -0.3 is 5.73 Å². The van der Waals surface area contributed by atoms with Gasteiger partial charge in [-0.05, 0) is 24.4 Å². The number of nitrogens with two attached hydrogens (primary N) is 1. The van der Waals surface area contributed by atoms with Crippen LogP contribution in [0.2, 0.25) is 0 Å². The first-order valence-corrected chi connectivity index (χ1v) is 8.01. The van der Waals surface area contributed by atoms with Gasteiger partial charge in [0.05, 0.1) is 11.5 Å². The molecule has 0 amide bonds. The number of halogens is 2. The summed E-state index contributed by atoms with van der Waals surface area (Å²) in [5.74, 6) is -0.997. The lowest BCUT2D eigenvalue weighted by atomic mass is 10.1. The minimum atomic E-state index is -3.63. The third-order valence-corrected chi connectivity index (χ3v) is 4.87. The van der Waals surface area contributed by atoms with Crippen molar-refractivity contribution in [2.24, 2.45) is 10.8 Å². The van der Waals surface area contributed by atoms with E-state index in [2.05, 4.69) is 38.7 Å². The molecule has 0 fully saturated rings. The molecule has 1 aromatic rings. The van der Waals surface area contributed by atoms with E-state index in [1.54, 1.807) is 0 Å². The van der Waals surface area contributed by atoms with Crippen LogP contribution < -0.4 is 11.2 Å². The highest BCUT2D eigenvalue weighted by molar-refractivity contribution is 9.10. The van der Waals surface area contributed by atoms with E-state index in [-0.39, 0.29) is 27.7 Å². The highest BCUT2D eigenvalue weighted by Crippen LogP contribution is 2.30. The van der Waals surface area contributed by atoms with Crippen molar-refractivity contribution in [2.45, 2.75) is 11.3 Å². The Balaban J connectivity index is 2.64. The molecule has 0 saturated heterocycles. The average molecular weight is 366 g/mol. The molecule has 1 aliphatic heterocycles. The van der Waals surface area contributed by atoms with Gasteiger partial charge in [0, 0.05) is 16.5 Å². The van der Waals surface area contributed by atoms with E-state index in [4.69, 9.17) is 5.73 Å². The van der Waals surface area contributed by atoms with Gasteiger partial charge in [0.1, 0.15) is 10.7 Å². The zero-order chi connectivity index (χ0) is 14.2. The van der Waals surface area contributed by atoms with Gasteiger partial charge >= 0.3 is 0 Å². The molecule has 0 atom stereocenters. The van der Waals surface area contributed by atoms with Gasteiger partial charge in [0.2, 0.25) is 0 Å². The molecule has 0 radical (unpaired) electrons. The normalized spacial score (nSPS) is 18.9. The summed E-state index contributed by atoms with van der Waals surface area (Å²) in [5, 5.41) is 3.88. The standard InChI is InChI=1S/C10H9BrFN3O2S2/c11-5-3-6-8(14-15-10(13)18)1-2-19(16,17)9(6)7(12)4-5/h3-4H,1-2H2,(H3,13,15,18)/b14-8+. The number of sulfone groups is 1. The molecule has 0 spiro atoms. The molecule has 1 heterocycles. The van der Waals surface area contributed by atoms with Crippen LogP contribution in [0.25, 0.3) is 0 Å². The van der Waals surface area contributed by atoms with Crippen LogP contribution in [0.15, 0.2) is 26.6 Å². The fourth-order valence-corrected chi connectivity index (χ4v) is 3.81. The van der Waals surface area contributed by atoms with Crippen LogP contribution in [0.4, 0.5) is 4.39 Å². The van der Waals surface area contributed by atoms with Gasteiger partial charge in [-0.3, -0.25) is 5.43 Å². The maximum atomic E-state index is 13.9. The first-order chi connectivity index (χ1) is 8.81. The van der Waals surface area contributed by atoms with E-state index in [0.717, 1.165) is 6.07 Å². The molecule has 1 aliphatic rings. The molecule has 9 heteroatoms. The molecule has 2 rings (SSSR count). The summed E-state index contributed by atoms with van der Waals surface area (Å²) < 4.78 is 38.1. The van der Waals surface area contributed by atoms with Crippen molar-refractivity contribution >= 4 is 48.8 Å². The Bertz CT molecular complexity index is 688. The Kier molecular flexibility index (Phi) is 3.88. The second-order valence-corrected chi connectivity index (χ2v) is 7.27. The quantitative estimate of drug-likeness (QED) is 0.578. The van der Waals surface area contributed by atoms with Crippen LogP contribution in [-0.4, -0.2) is 25.0 Å². The van der Waals surface area contributed by atoms with Crippen LogP contribution in [0.5, 0.6) is 0 Å². The Morgan fingerprint density at radius 3 is 2.84 bits per heavy atom. The Morgan fingerprint density at radius 1 is 1.53 bits per heavy atom. The molecule has 0 unspecified atom stereocenters. The van der Waals surface area contributed by atoms with E-state index in [9.17, 15) is 12.8 Å². The maximum absolute atomic E-state index is 13.9. The van der Waals surface area contributed by atoms with Gasteiger partial charge in [0.15, 0.2) is 14.9 Å². The van der Waals surface area contributed by atoms with Gasteiger partial charge in [-0.25, -0.2) is 12.8 Å². The van der Waals surface area contributed by atoms with Crippen molar-refractivity contribution in [1.82, 2.24) is 5.43 Å². The fourth-order valence-electron chi connectivity index (χ4n) is 1.80. The maximum Gasteiger partial charge on any atom is 0.184 e. The number of nitrogens with one attached hydrogen (secondary N) is 1. The zero-order valence-electron chi connectivity index (χ0n) is 9.48. The molecular weight excluding hydrogens is 357 g/mol. The van der Waals surface area contributed by atoms with Crippen molar-refractivity contribution in [3.63, 3.8) is 0 Å². The lowest BCUT2D eigenvalue weighted by Crippen LogP contribution is -2.29. The Morgan fingerprint density at radius 2 is 2.21 bits per heavy atom. The molecule has 0 aromatic heterocycles. The third kappa shape index (κ3) is 2.93. The molecule has 0 bridgehead atoms. The van der Waals surface area contributed by atoms with Crippen LogP contribution >= 0.6 is 28.1 Å². The number of hydrogen-bond donors (Lipinski definition) is 2. The van der Waals surface area contributed by atoms with E-state index in [1.807, 2.05) is 0 Å². The van der Waals surface area contributed by atoms with Gasteiger partial charge in [-0.15, -0.1) is 0 Å². The SMILES string of the molecule is NC(=S)N/N=C1\CCS(=O)(=O)c2c(F)cc(Br)cc21. The molecule has 102 valence electrons. The summed E-state index contributed by atoms with van der Waals surface area (Å²) in [6.45, 7) is 0. The number of thiocarbonyl (C=S) groups is 1. The lowest BCUT2D eigenvalue weighted by Gasteiger charge is -2.19. The number of fused-ring (bicyclic) bond motifs is 1. The highest BCUT2D eigenvalue weighted by atomic mass is 79.9. The number of hydrogen-bond acceptors (Lipinski definition) is 4. The number of benzene rings is 1. The van der Waals surface area contributed by atoms with Crippen LogP contribution in [0.1, 0.15) is 12.0 Å². The summed E-state index contributed by atoms with van der Waals surface area (Å²) in [6, 6.07) is 2.62. The molecule has 1 aromatic carbocycles. The minimum absolute atomic E-state index is 0.0436. The van der Waals surface area contributed by atoms with Gasteiger partial charge in [-0.2, -0.15) is 5.10 Å². The van der Waals surface area contributed by atoms with Crippen molar-refractivity contribution in [3.05, 3.63) is 28.0 Å². The van der Waals surface area contributed by atoms with E-state index < -0.39 is 15.7 Å². The molecule has 0 aliphatic carbocycles. The second kappa shape index (κ2) is 5.14. The number of nitrogens with zero attached hydrogens (tertiary/aromatic N) is 1. The van der Waals surface area contributed by atoms with Crippen LogP contribution in [0.3, 0.4) is 0 Å². The summed E-state index contributed by atoms with van der Waals surface area (Å²) in [5.41, 5.74) is 8.27. The predicted molar refractivity (Wildman–Crippen MR) is 77.2 cm³/mol.